The minimum Gasteiger partial charge on any atom is -0.382 e. The van der Waals surface area contributed by atoms with E-state index in [4.69, 9.17) is 5.73 Å². The molecule has 1 aliphatic rings. The Kier molecular flexibility index (Phi) is 3.41. The average molecular weight is 270 g/mol. The van der Waals surface area contributed by atoms with Gasteiger partial charge in [0.05, 0.1) is 0 Å². The van der Waals surface area contributed by atoms with Gasteiger partial charge in [0, 0.05) is 25.2 Å². The summed E-state index contributed by atoms with van der Waals surface area (Å²) in [6, 6.07) is 12.1. The van der Waals surface area contributed by atoms with Crippen molar-refractivity contribution in [3.8, 4) is 0 Å². The third-order valence-corrected chi connectivity index (χ3v) is 3.77. The van der Waals surface area contributed by atoms with Crippen LogP contribution in [0.1, 0.15) is 17.9 Å². The first-order valence-corrected chi connectivity index (χ1v) is 6.84. The summed E-state index contributed by atoms with van der Waals surface area (Å²) in [6.45, 7) is 1.87. The summed E-state index contributed by atoms with van der Waals surface area (Å²) >= 11 is 0. The van der Waals surface area contributed by atoms with Gasteiger partial charge in [-0.1, -0.05) is 30.3 Å². The molecule has 20 heavy (non-hydrogen) atoms. The monoisotopic (exact) mass is 270 g/mol. The van der Waals surface area contributed by atoms with Crippen LogP contribution in [-0.2, 0) is 11.3 Å². The molecule has 1 aromatic heterocycles. The fraction of sp³-hybridized carbons (Fsp3) is 0.333. The normalized spacial score (nSPS) is 18.4. The number of nitrogen functional groups attached to an aromatic ring is 1. The molecule has 2 N–H and O–H groups in total. The molecule has 1 amide bonds. The quantitative estimate of drug-likeness (QED) is 0.919. The molecule has 2 aromatic rings. The summed E-state index contributed by atoms with van der Waals surface area (Å²) in [6.07, 6.45) is 2.76. The second-order valence-corrected chi connectivity index (χ2v) is 5.17. The van der Waals surface area contributed by atoms with Crippen LogP contribution in [-0.4, -0.2) is 33.7 Å². The molecule has 5 nitrogen and oxygen atoms in total. The van der Waals surface area contributed by atoms with E-state index in [2.05, 4.69) is 17.2 Å². The molecule has 1 saturated heterocycles. The second kappa shape index (κ2) is 5.36. The van der Waals surface area contributed by atoms with Gasteiger partial charge in [-0.15, -0.1) is 0 Å². The highest BCUT2D eigenvalue weighted by molar-refractivity contribution is 5.76. The largest absolute Gasteiger partial charge is 0.382 e. The van der Waals surface area contributed by atoms with Crippen LogP contribution in [0.2, 0.25) is 0 Å². The molecule has 1 aromatic carbocycles. The molecular formula is C15H18N4O. The highest BCUT2D eigenvalue weighted by atomic mass is 16.2. The van der Waals surface area contributed by atoms with Gasteiger partial charge < -0.3 is 10.6 Å². The van der Waals surface area contributed by atoms with Crippen LogP contribution in [0.3, 0.4) is 0 Å². The lowest BCUT2D eigenvalue weighted by Crippen LogP contribution is -2.31. The molecule has 1 aliphatic heterocycles. The number of benzene rings is 1. The van der Waals surface area contributed by atoms with Crippen molar-refractivity contribution in [1.29, 1.82) is 0 Å². The number of rotatable bonds is 3. The van der Waals surface area contributed by atoms with Crippen molar-refractivity contribution < 1.29 is 4.79 Å². The van der Waals surface area contributed by atoms with Crippen LogP contribution in [0.15, 0.2) is 42.6 Å². The number of aromatic nitrogens is 2. The average Bonchev–Trinajstić information content (AvgIpc) is 3.09. The van der Waals surface area contributed by atoms with Gasteiger partial charge in [-0.25, -0.2) is 0 Å². The predicted molar refractivity (Wildman–Crippen MR) is 77.0 cm³/mol. The number of nitrogens with two attached hydrogens (primary N) is 1. The molecule has 5 heteroatoms. The van der Waals surface area contributed by atoms with Gasteiger partial charge in [0.15, 0.2) is 0 Å². The van der Waals surface area contributed by atoms with E-state index < -0.39 is 0 Å². The van der Waals surface area contributed by atoms with Crippen LogP contribution in [0, 0.1) is 0 Å². The van der Waals surface area contributed by atoms with Crippen molar-refractivity contribution in [3.05, 3.63) is 48.2 Å². The van der Waals surface area contributed by atoms with Gasteiger partial charge in [0.2, 0.25) is 5.91 Å². The molecule has 2 heterocycles. The van der Waals surface area contributed by atoms with Crippen molar-refractivity contribution in [2.75, 3.05) is 18.8 Å². The Hall–Kier alpha value is -2.30. The number of carbonyl (C=O) groups is 1. The maximum atomic E-state index is 12.2. The lowest BCUT2D eigenvalue weighted by molar-refractivity contribution is -0.131. The highest BCUT2D eigenvalue weighted by Crippen LogP contribution is 2.26. The van der Waals surface area contributed by atoms with Gasteiger partial charge in [-0.05, 0) is 18.1 Å². The van der Waals surface area contributed by atoms with Gasteiger partial charge in [-0.3, -0.25) is 9.48 Å². The van der Waals surface area contributed by atoms with Gasteiger partial charge in [0.25, 0.3) is 0 Å². The zero-order valence-corrected chi connectivity index (χ0v) is 11.3. The predicted octanol–water partition coefficient (Wildman–Crippen LogP) is 1.48. The third kappa shape index (κ3) is 2.66. The van der Waals surface area contributed by atoms with Crippen LogP contribution in [0.25, 0.3) is 0 Å². The van der Waals surface area contributed by atoms with Crippen molar-refractivity contribution in [1.82, 2.24) is 14.7 Å². The van der Waals surface area contributed by atoms with E-state index in [-0.39, 0.29) is 12.5 Å². The molecule has 3 rings (SSSR count). The molecule has 104 valence electrons. The number of anilines is 1. The van der Waals surface area contributed by atoms with Crippen LogP contribution >= 0.6 is 0 Å². The number of nitrogens with zero attached hydrogens (tertiary/aromatic N) is 3. The minimum atomic E-state index is 0.103. The molecule has 0 radical (unpaired) electrons. The van der Waals surface area contributed by atoms with Crippen molar-refractivity contribution in [3.63, 3.8) is 0 Å². The van der Waals surface area contributed by atoms with E-state index in [1.807, 2.05) is 23.1 Å². The Balaban J connectivity index is 1.61. The molecule has 0 bridgehead atoms. The first kappa shape index (κ1) is 12.7. The van der Waals surface area contributed by atoms with Gasteiger partial charge in [-0.2, -0.15) is 5.10 Å². The maximum absolute atomic E-state index is 12.2. The van der Waals surface area contributed by atoms with Crippen LogP contribution in [0.5, 0.6) is 0 Å². The second-order valence-electron chi connectivity index (χ2n) is 5.17. The Morgan fingerprint density at radius 3 is 2.80 bits per heavy atom. The molecule has 0 saturated carbocycles. The molecule has 1 fully saturated rings. The van der Waals surface area contributed by atoms with Crippen molar-refractivity contribution in [2.45, 2.75) is 18.9 Å². The topological polar surface area (TPSA) is 64.2 Å². The Labute approximate surface area is 118 Å². The number of amides is 1. The van der Waals surface area contributed by atoms with E-state index in [0.29, 0.717) is 11.7 Å². The standard InChI is InChI=1S/C15H18N4O/c16-14-7-9-19(17-14)11-15(20)18-8-6-13(10-18)12-4-2-1-3-5-12/h1-5,7,9,13H,6,8,10-11H2,(H2,16,17). The summed E-state index contributed by atoms with van der Waals surface area (Å²) in [7, 11) is 0. The SMILES string of the molecule is Nc1ccn(CC(=O)N2CCC(c3ccccc3)C2)n1. The van der Waals surface area contributed by atoms with E-state index >= 15 is 0 Å². The van der Waals surface area contributed by atoms with Gasteiger partial charge in [0.1, 0.15) is 12.4 Å². The Morgan fingerprint density at radius 2 is 2.10 bits per heavy atom. The molecular weight excluding hydrogens is 252 g/mol. The highest BCUT2D eigenvalue weighted by Gasteiger charge is 2.27. The van der Waals surface area contributed by atoms with E-state index in [1.54, 1.807) is 16.9 Å². The van der Waals surface area contributed by atoms with Crippen LogP contribution < -0.4 is 5.73 Å². The Morgan fingerprint density at radius 1 is 1.30 bits per heavy atom. The number of hydrogen-bond acceptors (Lipinski definition) is 3. The lowest BCUT2D eigenvalue weighted by atomic mass is 9.99. The lowest BCUT2D eigenvalue weighted by Gasteiger charge is -2.16. The smallest absolute Gasteiger partial charge is 0.244 e. The first-order chi connectivity index (χ1) is 9.72. The fourth-order valence-corrected chi connectivity index (χ4v) is 2.69. The summed E-state index contributed by atoms with van der Waals surface area (Å²) in [5.41, 5.74) is 6.86. The molecule has 1 atom stereocenters. The maximum Gasteiger partial charge on any atom is 0.244 e. The minimum absolute atomic E-state index is 0.103. The number of hydrogen-bond donors (Lipinski definition) is 1. The summed E-state index contributed by atoms with van der Waals surface area (Å²) < 4.78 is 1.59. The fourth-order valence-electron chi connectivity index (χ4n) is 2.69. The third-order valence-electron chi connectivity index (χ3n) is 3.77. The van der Waals surface area contributed by atoms with E-state index in [0.717, 1.165) is 19.5 Å². The number of likely N-dealkylation sites (tertiary alicyclic amines) is 1. The van der Waals surface area contributed by atoms with E-state index in [9.17, 15) is 4.79 Å². The molecule has 0 aliphatic carbocycles. The summed E-state index contributed by atoms with van der Waals surface area (Å²) in [5.74, 6) is 0.996. The van der Waals surface area contributed by atoms with E-state index in [1.165, 1.54) is 5.56 Å². The Bertz CT molecular complexity index is 593. The summed E-state index contributed by atoms with van der Waals surface area (Å²) in [5, 5.41) is 4.05. The zero-order chi connectivity index (χ0) is 13.9. The number of carbonyl (C=O) groups excluding carboxylic acids is 1. The molecule has 0 spiro atoms. The molecule has 1 unspecified atom stereocenters. The van der Waals surface area contributed by atoms with Gasteiger partial charge >= 0.3 is 0 Å². The summed E-state index contributed by atoms with van der Waals surface area (Å²) in [4.78, 5) is 14.1. The van der Waals surface area contributed by atoms with Crippen LogP contribution in [0.4, 0.5) is 5.82 Å². The first-order valence-electron chi connectivity index (χ1n) is 6.84. The zero-order valence-electron chi connectivity index (χ0n) is 11.3. The van der Waals surface area contributed by atoms with Crippen molar-refractivity contribution >= 4 is 11.7 Å². The van der Waals surface area contributed by atoms with Crippen molar-refractivity contribution in [2.24, 2.45) is 0 Å².